The first-order valence-electron chi connectivity index (χ1n) is 11.9. The number of alkyl halides is 3. The summed E-state index contributed by atoms with van der Waals surface area (Å²) in [7, 11) is -3.53. The molecule has 2 aromatic rings. The summed E-state index contributed by atoms with van der Waals surface area (Å²) in [6.45, 7) is 3.67. The van der Waals surface area contributed by atoms with Crippen molar-refractivity contribution in [2.75, 3.05) is 6.61 Å². The van der Waals surface area contributed by atoms with E-state index in [2.05, 4.69) is 6.92 Å². The lowest BCUT2D eigenvalue weighted by atomic mass is 10.1. The molecule has 2 aromatic carbocycles. The van der Waals surface area contributed by atoms with Gasteiger partial charge in [0.15, 0.2) is 0 Å². The van der Waals surface area contributed by atoms with Crippen molar-refractivity contribution >= 4 is 18.9 Å². The van der Waals surface area contributed by atoms with Gasteiger partial charge in [0.05, 0.1) is 0 Å². The third-order valence-electron chi connectivity index (χ3n) is 5.66. The molecule has 1 unspecified atom stereocenters. The van der Waals surface area contributed by atoms with E-state index < -0.39 is 20.8 Å². The topological polar surface area (TPSA) is 18.5 Å². The lowest BCUT2D eigenvalue weighted by Gasteiger charge is -2.34. The molecule has 0 aromatic heterocycles. The van der Waals surface area contributed by atoms with Gasteiger partial charge in [0.2, 0.25) is 0 Å². The van der Waals surface area contributed by atoms with E-state index in [-0.39, 0.29) is 0 Å². The molecule has 0 spiro atoms. The van der Waals surface area contributed by atoms with Crippen molar-refractivity contribution in [3.63, 3.8) is 0 Å². The summed E-state index contributed by atoms with van der Waals surface area (Å²) in [4.78, 5) is 0. The zero-order valence-electron chi connectivity index (χ0n) is 19.4. The van der Waals surface area contributed by atoms with Crippen molar-refractivity contribution in [3.05, 3.63) is 60.7 Å². The van der Waals surface area contributed by atoms with E-state index in [1.807, 2.05) is 60.7 Å². The van der Waals surface area contributed by atoms with Crippen LogP contribution in [0.5, 0.6) is 0 Å². The van der Waals surface area contributed by atoms with Gasteiger partial charge in [-0.3, -0.25) is 0 Å². The SMILES string of the molecule is CCCCCCCCCCCO[Si](OC(C)C(F)(F)F)(c1ccccc1)c1ccccc1. The van der Waals surface area contributed by atoms with E-state index in [0.717, 1.165) is 26.2 Å². The van der Waals surface area contributed by atoms with Gasteiger partial charge >= 0.3 is 14.7 Å². The zero-order valence-corrected chi connectivity index (χ0v) is 20.4. The highest BCUT2D eigenvalue weighted by atomic mass is 28.4. The number of hydrogen-bond acceptors (Lipinski definition) is 2. The fourth-order valence-corrected chi connectivity index (χ4v) is 7.10. The van der Waals surface area contributed by atoms with Crippen molar-refractivity contribution in [1.29, 1.82) is 0 Å². The predicted octanol–water partition coefficient (Wildman–Crippen LogP) is 6.76. The van der Waals surface area contributed by atoms with Crippen LogP contribution in [-0.4, -0.2) is 27.4 Å². The fraction of sp³-hybridized carbons (Fsp3) is 0.538. The van der Waals surface area contributed by atoms with Gasteiger partial charge in [-0.25, -0.2) is 0 Å². The Kier molecular flexibility index (Phi) is 11.5. The average Bonchev–Trinajstić information content (AvgIpc) is 2.80. The Bertz CT molecular complexity index is 698. The maximum Gasteiger partial charge on any atom is 0.413 e. The van der Waals surface area contributed by atoms with Gasteiger partial charge in [0, 0.05) is 6.61 Å². The van der Waals surface area contributed by atoms with Crippen LogP contribution in [0.2, 0.25) is 0 Å². The van der Waals surface area contributed by atoms with Crippen molar-refractivity contribution < 1.29 is 22.0 Å². The lowest BCUT2D eigenvalue weighted by Crippen LogP contribution is -2.65. The minimum atomic E-state index is -4.46. The zero-order chi connectivity index (χ0) is 23.3. The second kappa shape index (κ2) is 13.8. The van der Waals surface area contributed by atoms with Crippen molar-refractivity contribution in [1.82, 2.24) is 0 Å². The summed E-state index contributed by atoms with van der Waals surface area (Å²) in [6, 6.07) is 18.3. The van der Waals surface area contributed by atoms with Crippen LogP contribution in [0.1, 0.15) is 71.6 Å². The quantitative estimate of drug-likeness (QED) is 0.213. The molecule has 0 bridgehead atoms. The Labute approximate surface area is 192 Å². The van der Waals surface area contributed by atoms with Crippen LogP contribution in [0.15, 0.2) is 60.7 Å². The van der Waals surface area contributed by atoms with Crippen LogP contribution < -0.4 is 10.4 Å². The largest absolute Gasteiger partial charge is 0.413 e. The summed E-state index contributed by atoms with van der Waals surface area (Å²) in [5.41, 5.74) is 0. The highest BCUT2D eigenvalue weighted by Gasteiger charge is 2.49. The molecular formula is C26H37F3O2Si. The van der Waals surface area contributed by atoms with Crippen LogP contribution in [0.4, 0.5) is 13.2 Å². The molecule has 0 saturated carbocycles. The first-order valence-corrected chi connectivity index (χ1v) is 13.7. The molecule has 0 saturated heterocycles. The summed E-state index contributed by atoms with van der Waals surface area (Å²) in [5.74, 6) is 0. The number of rotatable bonds is 15. The van der Waals surface area contributed by atoms with Crippen LogP contribution >= 0.6 is 0 Å². The molecule has 0 N–H and O–H groups in total. The van der Waals surface area contributed by atoms with Crippen LogP contribution in [-0.2, 0) is 8.85 Å². The predicted molar refractivity (Wildman–Crippen MR) is 128 cm³/mol. The van der Waals surface area contributed by atoms with E-state index in [1.54, 1.807) is 0 Å². The summed E-state index contributed by atoms with van der Waals surface area (Å²) in [5, 5.41) is 1.39. The molecule has 178 valence electrons. The molecule has 0 aliphatic rings. The minimum absolute atomic E-state index is 0.385. The summed E-state index contributed by atoms with van der Waals surface area (Å²) >= 11 is 0. The smallest absolute Gasteiger partial charge is 0.388 e. The van der Waals surface area contributed by atoms with Crippen LogP contribution in [0.25, 0.3) is 0 Å². The van der Waals surface area contributed by atoms with Gasteiger partial charge in [-0.15, -0.1) is 0 Å². The summed E-state index contributed by atoms with van der Waals surface area (Å²) < 4.78 is 52.7. The molecule has 2 rings (SSSR count). The van der Waals surface area contributed by atoms with Crippen molar-refractivity contribution in [3.8, 4) is 0 Å². The first kappa shape index (κ1) is 26.6. The third kappa shape index (κ3) is 8.37. The van der Waals surface area contributed by atoms with Gasteiger partial charge in [-0.1, -0.05) is 119 Å². The average molecular weight is 467 g/mol. The van der Waals surface area contributed by atoms with E-state index >= 15 is 0 Å². The molecule has 6 heteroatoms. The van der Waals surface area contributed by atoms with Gasteiger partial charge in [0.25, 0.3) is 0 Å². The minimum Gasteiger partial charge on any atom is -0.388 e. The molecule has 0 aliphatic heterocycles. The third-order valence-corrected chi connectivity index (χ3v) is 9.15. The number of hydrogen-bond donors (Lipinski definition) is 0. The molecule has 1 atom stereocenters. The Morgan fingerprint density at radius 2 is 1.16 bits per heavy atom. The Balaban J connectivity index is 2.08. The van der Waals surface area contributed by atoms with E-state index in [1.165, 1.54) is 38.5 Å². The summed E-state index contributed by atoms with van der Waals surface area (Å²) in [6.07, 6.45) is 4.16. The normalized spacial score (nSPS) is 13.3. The molecule has 0 radical (unpaired) electrons. The number of halogens is 3. The molecule has 0 fully saturated rings. The molecule has 0 heterocycles. The highest BCUT2D eigenvalue weighted by molar-refractivity contribution is 6.92. The standard InChI is InChI=1S/C26H37F3O2Si/c1-3-4-5-6-7-8-9-10-17-22-30-32(24-18-13-11-14-19-24,25-20-15-12-16-21-25)31-23(2)26(27,28)29/h11-16,18-21,23H,3-10,17,22H2,1-2H3. The van der Waals surface area contributed by atoms with Crippen molar-refractivity contribution in [2.24, 2.45) is 0 Å². The Hall–Kier alpha value is -1.63. The molecule has 0 amide bonds. The van der Waals surface area contributed by atoms with E-state index in [9.17, 15) is 13.2 Å². The Morgan fingerprint density at radius 1 is 0.719 bits per heavy atom. The number of benzene rings is 2. The van der Waals surface area contributed by atoms with E-state index in [0.29, 0.717) is 17.0 Å². The molecule has 2 nitrogen and oxygen atoms in total. The maximum atomic E-state index is 13.5. The lowest BCUT2D eigenvalue weighted by molar-refractivity contribution is -0.194. The molecule has 0 aliphatic carbocycles. The molecular weight excluding hydrogens is 429 g/mol. The van der Waals surface area contributed by atoms with Gasteiger partial charge < -0.3 is 8.85 Å². The van der Waals surface area contributed by atoms with Crippen molar-refractivity contribution in [2.45, 2.75) is 83.9 Å². The van der Waals surface area contributed by atoms with Gasteiger partial charge in [0.1, 0.15) is 6.10 Å². The van der Waals surface area contributed by atoms with Crippen LogP contribution in [0.3, 0.4) is 0 Å². The van der Waals surface area contributed by atoms with Gasteiger partial charge in [-0.2, -0.15) is 13.2 Å². The fourth-order valence-electron chi connectivity index (χ4n) is 3.76. The second-order valence-electron chi connectivity index (χ2n) is 8.33. The Morgan fingerprint density at radius 3 is 1.59 bits per heavy atom. The molecule has 32 heavy (non-hydrogen) atoms. The van der Waals surface area contributed by atoms with Crippen LogP contribution in [0, 0.1) is 0 Å². The van der Waals surface area contributed by atoms with Gasteiger partial charge in [-0.05, 0) is 23.7 Å². The first-order chi connectivity index (χ1) is 15.4. The number of unbranched alkanes of at least 4 members (excludes halogenated alkanes) is 8. The monoisotopic (exact) mass is 466 g/mol. The second-order valence-corrected chi connectivity index (χ2v) is 11.2. The van der Waals surface area contributed by atoms with E-state index in [4.69, 9.17) is 8.85 Å². The maximum absolute atomic E-state index is 13.5. The highest BCUT2D eigenvalue weighted by Crippen LogP contribution is 2.26.